The van der Waals surface area contributed by atoms with Crippen molar-refractivity contribution >= 4 is 38.0 Å². The Kier molecular flexibility index (Phi) is 2.55. The minimum absolute atomic E-state index is 0.0144. The minimum atomic E-state index is -3.68. The van der Waals surface area contributed by atoms with Crippen molar-refractivity contribution in [3.63, 3.8) is 0 Å². The fourth-order valence-corrected chi connectivity index (χ4v) is 1.61. The van der Waals surface area contributed by atoms with Gasteiger partial charge >= 0.3 is 0 Å². The maximum Gasteiger partial charge on any atom is 0.261 e. The second-order valence-electron chi connectivity index (χ2n) is 2.16. The normalized spacial score (nSPS) is 11.5. The molecule has 6 heteroatoms. The monoisotopic (exact) mass is 223 g/mol. The summed E-state index contributed by atoms with van der Waals surface area (Å²) < 4.78 is 21.6. The Morgan fingerprint density at radius 2 is 2.00 bits per heavy atom. The van der Waals surface area contributed by atoms with Gasteiger partial charge in [-0.05, 0) is 18.2 Å². The van der Waals surface area contributed by atoms with E-state index in [0.717, 1.165) is 0 Å². The zero-order chi connectivity index (χ0) is 9.35. The molecule has 0 bridgehead atoms. The first kappa shape index (κ1) is 9.70. The quantitative estimate of drug-likeness (QED) is 0.431. The number of anilines is 1. The van der Waals surface area contributed by atoms with E-state index < -0.39 is 9.05 Å². The average Bonchev–Trinajstić information content (AvgIpc) is 1.92. The smallest absolute Gasteiger partial charge is 0.261 e. The number of hydrogen-bond acceptors (Lipinski definition) is 4. The van der Waals surface area contributed by atoms with Crippen LogP contribution in [0.3, 0.4) is 0 Å². The third-order valence-corrected chi connectivity index (χ3v) is 3.04. The summed E-state index contributed by atoms with van der Waals surface area (Å²) in [6, 6.07) is 4.10. The Morgan fingerprint density at radius 1 is 1.42 bits per heavy atom. The first-order valence-corrected chi connectivity index (χ1v) is 5.70. The van der Waals surface area contributed by atoms with Gasteiger partial charge in [0, 0.05) is 21.3 Å². The van der Waals surface area contributed by atoms with E-state index in [1.165, 1.54) is 18.2 Å². The maximum absolute atomic E-state index is 10.8. The zero-order valence-electron chi connectivity index (χ0n) is 5.86. The van der Waals surface area contributed by atoms with E-state index in [1.54, 1.807) is 0 Å². The molecule has 0 saturated carbocycles. The molecule has 12 heavy (non-hydrogen) atoms. The van der Waals surface area contributed by atoms with Crippen molar-refractivity contribution in [3.05, 3.63) is 18.2 Å². The number of thiol groups is 1. The van der Waals surface area contributed by atoms with Gasteiger partial charge in [-0.3, -0.25) is 0 Å². The third-order valence-electron chi connectivity index (χ3n) is 1.28. The van der Waals surface area contributed by atoms with E-state index in [0.29, 0.717) is 10.6 Å². The number of nitrogen functional groups attached to an aromatic ring is 1. The Hall–Kier alpha value is -0.390. The van der Waals surface area contributed by atoms with Gasteiger partial charge in [-0.1, -0.05) is 0 Å². The van der Waals surface area contributed by atoms with Crippen LogP contribution in [0.1, 0.15) is 0 Å². The summed E-state index contributed by atoms with van der Waals surface area (Å²) in [4.78, 5) is 0.513. The molecule has 1 aromatic carbocycles. The molecule has 0 atom stereocenters. The van der Waals surface area contributed by atoms with Crippen molar-refractivity contribution in [2.45, 2.75) is 9.79 Å². The number of halogens is 1. The van der Waals surface area contributed by atoms with Gasteiger partial charge in [-0.25, -0.2) is 8.42 Å². The SMILES string of the molecule is Nc1cc(S(=O)(=O)Cl)ccc1S. The fourth-order valence-electron chi connectivity index (χ4n) is 0.684. The van der Waals surface area contributed by atoms with E-state index in [1.807, 2.05) is 0 Å². The van der Waals surface area contributed by atoms with E-state index >= 15 is 0 Å². The van der Waals surface area contributed by atoms with Crippen LogP contribution >= 0.6 is 23.3 Å². The van der Waals surface area contributed by atoms with Gasteiger partial charge in [0.25, 0.3) is 9.05 Å². The third kappa shape index (κ3) is 2.06. The molecule has 0 heterocycles. The number of nitrogens with two attached hydrogens (primary N) is 1. The summed E-state index contributed by atoms with van der Waals surface area (Å²) in [5, 5.41) is 0. The first-order chi connectivity index (χ1) is 5.41. The zero-order valence-corrected chi connectivity index (χ0v) is 8.33. The summed E-state index contributed by atoms with van der Waals surface area (Å²) >= 11 is 3.98. The molecule has 0 radical (unpaired) electrons. The second-order valence-corrected chi connectivity index (χ2v) is 5.21. The van der Waals surface area contributed by atoms with Crippen LogP contribution in [-0.2, 0) is 9.05 Å². The Morgan fingerprint density at radius 3 is 2.42 bits per heavy atom. The van der Waals surface area contributed by atoms with Crippen LogP contribution in [0.15, 0.2) is 28.0 Å². The maximum atomic E-state index is 10.8. The summed E-state index contributed by atoms with van der Waals surface area (Å²) in [5.41, 5.74) is 5.71. The van der Waals surface area contributed by atoms with Crippen LogP contribution in [0.25, 0.3) is 0 Å². The molecule has 66 valence electrons. The van der Waals surface area contributed by atoms with Gasteiger partial charge in [-0.15, -0.1) is 12.6 Å². The molecule has 0 aliphatic rings. The lowest BCUT2D eigenvalue weighted by Crippen LogP contribution is -1.93. The van der Waals surface area contributed by atoms with Crippen molar-refractivity contribution in [1.82, 2.24) is 0 Å². The van der Waals surface area contributed by atoms with Crippen molar-refractivity contribution in [2.24, 2.45) is 0 Å². The van der Waals surface area contributed by atoms with Crippen LogP contribution in [-0.4, -0.2) is 8.42 Å². The highest BCUT2D eigenvalue weighted by Crippen LogP contribution is 2.22. The van der Waals surface area contributed by atoms with Gasteiger partial charge in [0.15, 0.2) is 0 Å². The topological polar surface area (TPSA) is 60.2 Å². The van der Waals surface area contributed by atoms with Crippen molar-refractivity contribution in [2.75, 3.05) is 5.73 Å². The predicted molar refractivity (Wildman–Crippen MR) is 51.1 cm³/mol. The minimum Gasteiger partial charge on any atom is -0.398 e. The highest BCUT2D eigenvalue weighted by molar-refractivity contribution is 8.13. The summed E-state index contributed by atoms with van der Waals surface area (Å²) in [6.07, 6.45) is 0. The summed E-state index contributed by atoms with van der Waals surface area (Å²) in [6.45, 7) is 0. The predicted octanol–water partition coefficient (Wildman–Crippen LogP) is 1.48. The van der Waals surface area contributed by atoms with Crippen molar-refractivity contribution < 1.29 is 8.42 Å². The summed E-state index contributed by atoms with van der Waals surface area (Å²) in [5.74, 6) is 0. The Labute approximate surface area is 80.4 Å². The molecule has 0 aliphatic carbocycles. The lowest BCUT2D eigenvalue weighted by atomic mass is 10.3. The molecule has 2 N–H and O–H groups in total. The first-order valence-electron chi connectivity index (χ1n) is 2.94. The number of rotatable bonds is 1. The summed E-state index contributed by atoms with van der Waals surface area (Å²) in [7, 11) is 1.39. The molecule has 3 nitrogen and oxygen atoms in total. The highest BCUT2D eigenvalue weighted by Gasteiger charge is 2.10. The molecule has 1 aromatic rings. The van der Waals surface area contributed by atoms with Gasteiger partial charge in [-0.2, -0.15) is 0 Å². The molecule has 0 saturated heterocycles. The molecule has 0 amide bonds. The van der Waals surface area contributed by atoms with E-state index in [4.69, 9.17) is 16.4 Å². The van der Waals surface area contributed by atoms with Gasteiger partial charge in [0.1, 0.15) is 0 Å². The van der Waals surface area contributed by atoms with Gasteiger partial charge in [0.2, 0.25) is 0 Å². The Bertz CT molecular complexity index is 402. The lowest BCUT2D eigenvalue weighted by Gasteiger charge is -2.00. The second kappa shape index (κ2) is 3.16. The molecule has 0 aliphatic heterocycles. The van der Waals surface area contributed by atoms with Crippen molar-refractivity contribution in [1.29, 1.82) is 0 Å². The number of hydrogen-bond donors (Lipinski definition) is 2. The van der Waals surface area contributed by atoms with E-state index in [2.05, 4.69) is 12.6 Å². The van der Waals surface area contributed by atoms with Crippen molar-refractivity contribution in [3.8, 4) is 0 Å². The molecular formula is C6H6ClNO2S2. The van der Waals surface area contributed by atoms with Gasteiger partial charge < -0.3 is 5.73 Å². The van der Waals surface area contributed by atoms with Crippen LogP contribution in [0.4, 0.5) is 5.69 Å². The molecule has 0 unspecified atom stereocenters. The van der Waals surface area contributed by atoms with E-state index in [-0.39, 0.29) is 4.90 Å². The largest absolute Gasteiger partial charge is 0.398 e. The highest BCUT2D eigenvalue weighted by atomic mass is 35.7. The van der Waals surface area contributed by atoms with Crippen LogP contribution in [0, 0.1) is 0 Å². The lowest BCUT2D eigenvalue weighted by molar-refractivity contribution is 0.609. The van der Waals surface area contributed by atoms with E-state index in [9.17, 15) is 8.42 Å². The standard InChI is InChI=1S/C6H6ClNO2S2/c7-12(9,10)4-1-2-6(11)5(8)3-4/h1-3,11H,8H2. The van der Waals surface area contributed by atoms with Crippen LogP contribution in [0.2, 0.25) is 0 Å². The molecule has 0 spiro atoms. The molecule has 1 rings (SSSR count). The average molecular weight is 224 g/mol. The van der Waals surface area contributed by atoms with Gasteiger partial charge in [0.05, 0.1) is 4.90 Å². The molecule has 0 fully saturated rings. The van der Waals surface area contributed by atoms with Crippen LogP contribution < -0.4 is 5.73 Å². The Balaban J connectivity index is 3.33. The molecule has 0 aromatic heterocycles. The van der Waals surface area contributed by atoms with Crippen LogP contribution in [0.5, 0.6) is 0 Å². The number of benzene rings is 1. The molecular weight excluding hydrogens is 218 g/mol. The fraction of sp³-hybridized carbons (Fsp3) is 0.